The first-order valence-electron chi connectivity index (χ1n) is 9.04. The van der Waals surface area contributed by atoms with Crippen LogP contribution >= 0.6 is 0 Å². The van der Waals surface area contributed by atoms with Crippen molar-refractivity contribution in [3.05, 3.63) is 48.3 Å². The predicted octanol–water partition coefficient (Wildman–Crippen LogP) is 2.07. The minimum atomic E-state index is -0.423. The van der Waals surface area contributed by atoms with Gasteiger partial charge in [-0.05, 0) is 31.4 Å². The Bertz CT molecular complexity index is 769. The van der Waals surface area contributed by atoms with Gasteiger partial charge in [0.1, 0.15) is 0 Å². The Morgan fingerprint density at radius 1 is 1.12 bits per heavy atom. The highest BCUT2D eigenvalue weighted by atomic mass is 19.1. The smallest absolute Gasteiger partial charge is 0.228 e. The highest BCUT2D eigenvalue weighted by Crippen LogP contribution is 2.39. The SMILES string of the molecule is O=C(Cc1ccccn1)N1CC[C@@]2(CCCN(c3ncc(F)cn3)C2)C1. The van der Waals surface area contributed by atoms with Crippen LogP contribution < -0.4 is 4.90 Å². The lowest BCUT2D eigenvalue weighted by Crippen LogP contribution is -2.46. The molecule has 136 valence electrons. The van der Waals surface area contributed by atoms with Crippen molar-refractivity contribution in [2.24, 2.45) is 5.41 Å². The summed E-state index contributed by atoms with van der Waals surface area (Å²) in [4.78, 5) is 29.2. The zero-order valence-electron chi connectivity index (χ0n) is 14.6. The number of likely N-dealkylation sites (tertiary alicyclic amines) is 1. The molecule has 2 fully saturated rings. The molecule has 1 spiro atoms. The second-order valence-electron chi connectivity index (χ2n) is 7.29. The molecule has 6 nitrogen and oxygen atoms in total. The first kappa shape index (κ1) is 16.9. The molecule has 4 rings (SSSR count). The van der Waals surface area contributed by atoms with Crippen molar-refractivity contribution < 1.29 is 9.18 Å². The molecule has 0 bridgehead atoms. The van der Waals surface area contributed by atoms with Crippen LogP contribution in [0.3, 0.4) is 0 Å². The van der Waals surface area contributed by atoms with Crippen LogP contribution in [0.15, 0.2) is 36.8 Å². The van der Waals surface area contributed by atoms with Gasteiger partial charge in [-0.1, -0.05) is 6.07 Å². The van der Waals surface area contributed by atoms with E-state index in [1.807, 2.05) is 23.1 Å². The van der Waals surface area contributed by atoms with Gasteiger partial charge in [0.05, 0.1) is 18.8 Å². The maximum atomic E-state index is 13.1. The van der Waals surface area contributed by atoms with Crippen LogP contribution in [-0.2, 0) is 11.2 Å². The molecule has 2 aliphatic heterocycles. The molecule has 1 atom stereocenters. The molecule has 2 saturated heterocycles. The van der Waals surface area contributed by atoms with Gasteiger partial charge in [0.15, 0.2) is 5.82 Å². The summed E-state index contributed by atoms with van der Waals surface area (Å²) in [5, 5.41) is 0. The zero-order chi connectivity index (χ0) is 18.0. The maximum Gasteiger partial charge on any atom is 0.228 e. The summed E-state index contributed by atoms with van der Waals surface area (Å²) in [6.07, 6.45) is 7.60. The second-order valence-corrected chi connectivity index (χ2v) is 7.29. The van der Waals surface area contributed by atoms with Gasteiger partial charge in [0.25, 0.3) is 0 Å². The Hall–Kier alpha value is -2.57. The Labute approximate surface area is 152 Å². The summed E-state index contributed by atoms with van der Waals surface area (Å²) in [5.74, 6) is 0.284. The van der Waals surface area contributed by atoms with Crippen LogP contribution in [0.4, 0.5) is 10.3 Å². The molecule has 0 aromatic carbocycles. The van der Waals surface area contributed by atoms with E-state index < -0.39 is 5.82 Å². The van der Waals surface area contributed by atoms with Crippen LogP contribution in [-0.4, -0.2) is 51.9 Å². The van der Waals surface area contributed by atoms with Crippen LogP contribution in [0.5, 0.6) is 0 Å². The topological polar surface area (TPSA) is 62.2 Å². The normalized spacial score (nSPS) is 22.8. The summed E-state index contributed by atoms with van der Waals surface area (Å²) in [6, 6.07) is 5.65. The molecule has 7 heteroatoms. The van der Waals surface area contributed by atoms with E-state index in [9.17, 15) is 9.18 Å². The highest BCUT2D eigenvalue weighted by Gasteiger charge is 2.43. The van der Waals surface area contributed by atoms with Gasteiger partial charge >= 0.3 is 0 Å². The van der Waals surface area contributed by atoms with Gasteiger partial charge in [-0.2, -0.15) is 0 Å². The molecule has 0 unspecified atom stereocenters. The van der Waals surface area contributed by atoms with Crippen LogP contribution in [0.25, 0.3) is 0 Å². The Morgan fingerprint density at radius 2 is 1.96 bits per heavy atom. The van der Waals surface area contributed by atoms with Crippen molar-refractivity contribution in [1.29, 1.82) is 0 Å². The van der Waals surface area contributed by atoms with Crippen molar-refractivity contribution >= 4 is 11.9 Å². The number of halogens is 1. The lowest BCUT2D eigenvalue weighted by Gasteiger charge is -2.40. The number of rotatable bonds is 3. The molecule has 0 aliphatic carbocycles. The van der Waals surface area contributed by atoms with E-state index in [0.717, 1.165) is 51.1 Å². The molecular weight excluding hydrogens is 333 g/mol. The maximum absolute atomic E-state index is 13.1. The standard InChI is InChI=1S/C19H22FN5O/c20-15-11-22-18(23-12-15)25-8-3-5-19(14-25)6-9-24(13-19)17(26)10-16-4-1-2-7-21-16/h1-2,4,7,11-12H,3,5-6,8-10,13-14H2/t19-/m0/s1. The highest BCUT2D eigenvalue weighted by molar-refractivity contribution is 5.78. The van der Waals surface area contributed by atoms with E-state index in [-0.39, 0.29) is 11.3 Å². The molecule has 4 heterocycles. The number of carbonyl (C=O) groups excluding carboxylic acids is 1. The second kappa shape index (κ2) is 6.97. The van der Waals surface area contributed by atoms with Crippen molar-refractivity contribution in [2.75, 3.05) is 31.1 Å². The fraction of sp³-hybridized carbons (Fsp3) is 0.474. The molecule has 0 saturated carbocycles. The van der Waals surface area contributed by atoms with Gasteiger partial charge in [-0.3, -0.25) is 9.78 Å². The van der Waals surface area contributed by atoms with Gasteiger partial charge < -0.3 is 9.80 Å². The minimum Gasteiger partial charge on any atom is -0.342 e. The Morgan fingerprint density at radius 3 is 2.73 bits per heavy atom. The minimum absolute atomic E-state index is 0.0791. The number of amides is 1. The molecule has 0 radical (unpaired) electrons. The quantitative estimate of drug-likeness (QED) is 0.843. The van der Waals surface area contributed by atoms with Gasteiger partial charge in [-0.25, -0.2) is 14.4 Å². The molecule has 2 aromatic rings. The van der Waals surface area contributed by atoms with Crippen molar-refractivity contribution in [1.82, 2.24) is 19.9 Å². The fourth-order valence-corrected chi connectivity index (χ4v) is 4.10. The Balaban J connectivity index is 1.41. The summed E-state index contributed by atoms with van der Waals surface area (Å²) in [7, 11) is 0. The van der Waals surface area contributed by atoms with Crippen LogP contribution in [0.2, 0.25) is 0 Å². The summed E-state index contributed by atoms with van der Waals surface area (Å²) >= 11 is 0. The largest absolute Gasteiger partial charge is 0.342 e. The average Bonchev–Trinajstić information content (AvgIpc) is 3.06. The monoisotopic (exact) mass is 355 g/mol. The van der Waals surface area contributed by atoms with Crippen LogP contribution in [0.1, 0.15) is 25.0 Å². The number of pyridine rings is 1. The number of hydrogen-bond donors (Lipinski definition) is 0. The molecule has 1 amide bonds. The summed E-state index contributed by atoms with van der Waals surface area (Å²) in [6.45, 7) is 3.22. The van der Waals surface area contributed by atoms with Crippen molar-refractivity contribution in [2.45, 2.75) is 25.7 Å². The van der Waals surface area contributed by atoms with Crippen molar-refractivity contribution in [3.8, 4) is 0 Å². The fourth-order valence-electron chi connectivity index (χ4n) is 4.10. The first-order valence-corrected chi connectivity index (χ1v) is 9.04. The van der Waals surface area contributed by atoms with E-state index in [1.54, 1.807) is 6.20 Å². The number of aromatic nitrogens is 3. The van der Waals surface area contributed by atoms with Crippen LogP contribution in [0, 0.1) is 11.2 Å². The van der Waals surface area contributed by atoms with Gasteiger partial charge in [0.2, 0.25) is 11.9 Å². The summed E-state index contributed by atoms with van der Waals surface area (Å²) < 4.78 is 13.1. The lowest BCUT2D eigenvalue weighted by molar-refractivity contribution is -0.129. The van der Waals surface area contributed by atoms with E-state index in [2.05, 4.69) is 19.9 Å². The van der Waals surface area contributed by atoms with Gasteiger partial charge in [-0.15, -0.1) is 0 Å². The third-order valence-electron chi connectivity index (χ3n) is 5.40. The summed E-state index contributed by atoms with van der Waals surface area (Å²) in [5.41, 5.74) is 0.888. The Kier molecular flexibility index (Phi) is 4.53. The predicted molar refractivity (Wildman–Crippen MR) is 95.0 cm³/mol. The van der Waals surface area contributed by atoms with Gasteiger partial charge in [0, 0.05) is 43.5 Å². The molecule has 2 aliphatic rings. The third-order valence-corrected chi connectivity index (χ3v) is 5.40. The number of carbonyl (C=O) groups is 1. The number of anilines is 1. The molecule has 2 aromatic heterocycles. The number of hydrogen-bond acceptors (Lipinski definition) is 5. The zero-order valence-corrected chi connectivity index (χ0v) is 14.6. The first-order chi connectivity index (χ1) is 12.6. The van der Waals surface area contributed by atoms with E-state index in [0.29, 0.717) is 12.4 Å². The third kappa shape index (κ3) is 3.52. The number of piperidine rings is 1. The van der Waals surface area contributed by atoms with E-state index in [4.69, 9.17) is 0 Å². The van der Waals surface area contributed by atoms with Crippen molar-refractivity contribution in [3.63, 3.8) is 0 Å². The average molecular weight is 355 g/mol. The van der Waals surface area contributed by atoms with E-state index in [1.165, 1.54) is 12.4 Å². The van der Waals surface area contributed by atoms with E-state index >= 15 is 0 Å². The molecular formula is C19H22FN5O. The number of nitrogens with zero attached hydrogens (tertiary/aromatic N) is 5. The molecule has 0 N–H and O–H groups in total. The molecule has 26 heavy (non-hydrogen) atoms. The lowest BCUT2D eigenvalue weighted by atomic mass is 9.79.